The van der Waals surface area contributed by atoms with E-state index in [4.69, 9.17) is 10.5 Å². The third kappa shape index (κ3) is 2.68. The minimum Gasteiger partial charge on any atom is -0.496 e. The molecule has 1 aromatic heterocycles. The number of methoxy groups -OCH3 is 1. The Balaban J connectivity index is 2.19. The first-order chi connectivity index (χ1) is 8.22. The van der Waals surface area contributed by atoms with Crippen molar-refractivity contribution in [3.05, 3.63) is 51.7 Å². The fraction of sp³-hybridized carbons (Fsp3) is 0.286. The first-order valence-corrected chi connectivity index (χ1v) is 6.52. The molecule has 0 radical (unpaired) electrons. The van der Waals surface area contributed by atoms with E-state index in [1.807, 2.05) is 18.2 Å². The zero-order valence-corrected chi connectivity index (χ0v) is 11.0. The lowest BCUT2D eigenvalue weighted by molar-refractivity contribution is 0.411. The molecule has 2 nitrogen and oxygen atoms in total. The quantitative estimate of drug-likeness (QED) is 0.899. The van der Waals surface area contributed by atoms with Crippen LogP contribution in [0.2, 0.25) is 0 Å². The monoisotopic (exact) mass is 247 g/mol. The molecule has 2 aromatic rings. The third-order valence-corrected chi connectivity index (χ3v) is 3.97. The van der Waals surface area contributed by atoms with Crippen molar-refractivity contribution in [1.29, 1.82) is 0 Å². The fourth-order valence-electron chi connectivity index (χ4n) is 1.94. The molecule has 0 aliphatic rings. The van der Waals surface area contributed by atoms with Gasteiger partial charge in [0, 0.05) is 10.9 Å². The van der Waals surface area contributed by atoms with E-state index in [0.29, 0.717) is 0 Å². The molecule has 17 heavy (non-hydrogen) atoms. The van der Waals surface area contributed by atoms with Crippen molar-refractivity contribution in [2.75, 3.05) is 7.11 Å². The van der Waals surface area contributed by atoms with Crippen LogP contribution in [-0.2, 0) is 6.42 Å². The molecule has 0 aliphatic heterocycles. The molecular formula is C14H17NOS. The van der Waals surface area contributed by atoms with Gasteiger partial charge < -0.3 is 10.5 Å². The highest BCUT2D eigenvalue weighted by molar-refractivity contribution is 7.10. The normalized spacial score (nSPS) is 12.4. The van der Waals surface area contributed by atoms with Crippen LogP contribution < -0.4 is 10.5 Å². The number of nitrogens with two attached hydrogens (primary N) is 1. The van der Waals surface area contributed by atoms with E-state index in [9.17, 15) is 0 Å². The molecule has 0 saturated carbocycles. The van der Waals surface area contributed by atoms with E-state index in [0.717, 1.165) is 12.2 Å². The molecule has 1 atom stereocenters. The van der Waals surface area contributed by atoms with Crippen LogP contribution in [0.3, 0.4) is 0 Å². The summed E-state index contributed by atoms with van der Waals surface area (Å²) in [6, 6.07) is 10.3. The molecule has 0 aliphatic carbocycles. The zero-order valence-electron chi connectivity index (χ0n) is 10.1. The second kappa shape index (κ2) is 5.34. The third-order valence-electron chi connectivity index (χ3n) is 2.96. The first kappa shape index (κ1) is 12.1. The van der Waals surface area contributed by atoms with Crippen LogP contribution >= 0.6 is 11.3 Å². The molecule has 0 spiro atoms. The van der Waals surface area contributed by atoms with Crippen LogP contribution in [0.15, 0.2) is 35.7 Å². The van der Waals surface area contributed by atoms with Crippen molar-refractivity contribution in [1.82, 2.24) is 0 Å². The molecule has 2 N–H and O–H groups in total. The highest BCUT2D eigenvalue weighted by Gasteiger charge is 2.11. The summed E-state index contributed by atoms with van der Waals surface area (Å²) in [6.45, 7) is 2.08. The number of thiophene rings is 1. The van der Waals surface area contributed by atoms with Crippen molar-refractivity contribution in [2.24, 2.45) is 5.73 Å². The lowest BCUT2D eigenvalue weighted by Crippen LogP contribution is -2.12. The van der Waals surface area contributed by atoms with Crippen LogP contribution in [-0.4, -0.2) is 7.11 Å². The van der Waals surface area contributed by atoms with Crippen molar-refractivity contribution < 1.29 is 4.74 Å². The summed E-state index contributed by atoms with van der Waals surface area (Å²) in [7, 11) is 1.70. The van der Waals surface area contributed by atoms with E-state index >= 15 is 0 Å². The largest absolute Gasteiger partial charge is 0.496 e. The molecule has 90 valence electrons. The molecule has 1 aromatic carbocycles. The van der Waals surface area contributed by atoms with Gasteiger partial charge in [-0.15, -0.1) is 11.3 Å². The summed E-state index contributed by atoms with van der Waals surface area (Å²) in [5.74, 6) is 0.931. The van der Waals surface area contributed by atoms with Gasteiger partial charge in [0.1, 0.15) is 5.75 Å². The number of ether oxygens (including phenoxy) is 1. The first-order valence-electron chi connectivity index (χ1n) is 5.64. The smallest absolute Gasteiger partial charge is 0.122 e. The SMILES string of the molecule is COc1cccc(CC(N)c2cccs2)c1C. The highest BCUT2D eigenvalue weighted by Crippen LogP contribution is 2.26. The highest BCUT2D eigenvalue weighted by atomic mass is 32.1. The predicted molar refractivity (Wildman–Crippen MR) is 72.7 cm³/mol. The van der Waals surface area contributed by atoms with Crippen LogP contribution in [0.5, 0.6) is 5.75 Å². The van der Waals surface area contributed by atoms with Gasteiger partial charge in [0.25, 0.3) is 0 Å². The van der Waals surface area contributed by atoms with Gasteiger partial charge >= 0.3 is 0 Å². The van der Waals surface area contributed by atoms with Gasteiger partial charge in [-0.25, -0.2) is 0 Å². The zero-order chi connectivity index (χ0) is 12.3. The molecule has 1 heterocycles. The van der Waals surface area contributed by atoms with Crippen LogP contribution in [0, 0.1) is 6.92 Å². The number of rotatable bonds is 4. The Bertz CT molecular complexity index is 479. The topological polar surface area (TPSA) is 35.2 Å². The Morgan fingerprint density at radius 2 is 2.12 bits per heavy atom. The summed E-state index contributed by atoms with van der Waals surface area (Å²) < 4.78 is 5.32. The van der Waals surface area contributed by atoms with E-state index in [2.05, 4.69) is 24.4 Å². The van der Waals surface area contributed by atoms with Gasteiger partial charge in [0.15, 0.2) is 0 Å². The van der Waals surface area contributed by atoms with Gasteiger partial charge in [-0.1, -0.05) is 18.2 Å². The molecular weight excluding hydrogens is 230 g/mol. The standard InChI is InChI=1S/C14H17NOS/c1-10-11(5-3-6-13(10)16-2)9-12(15)14-7-4-8-17-14/h3-8,12H,9,15H2,1-2H3. The van der Waals surface area contributed by atoms with Gasteiger partial charge in [-0.3, -0.25) is 0 Å². The minimum absolute atomic E-state index is 0.0702. The summed E-state index contributed by atoms with van der Waals surface area (Å²) >= 11 is 1.71. The Hall–Kier alpha value is -1.32. The number of hydrogen-bond acceptors (Lipinski definition) is 3. The lowest BCUT2D eigenvalue weighted by Gasteiger charge is -2.14. The van der Waals surface area contributed by atoms with Gasteiger partial charge in [-0.05, 0) is 42.0 Å². The molecule has 0 bridgehead atoms. The number of hydrogen-bond donors (Lipinski definition) is 1. The lowest BCUT2D eigenvalue weighted by atomic mass is 10.00. The van der Waals surface area contributed by atoms with Crippen molar-refractivity contribution in [3.8, 4) is 5.75 Å². The maximum absolute atomic E-state index is 6.20. The average Bonchev–Trinajstić information content (AvgIpc) is 2.85. The summed E-state index contributed by atoms with van der Waals surface area (Å²) in [4.78, 5) is 1.23. The van der Waals surface area contributed by atoms with Crippen molar-refractivity contribution in [3.63, 3.8) is 0 Å². The Labute approximate surface area is 106 Å². The van der Waals surface area contributed by atoms with E-state index in [-0.39, 0.29) is 6.04 Å². The van der Waals surface area contributed by atoms with E-state index < -0.39 is 0 Å². The summed E-state index contributed by atoms with van der Waals surface area (Å²) in [5.41, 5.74) is 8.64. The Morgan fingerprint density at radius 3 is 2.76 bits per heavy atom. The van der Waals surface area contributed by atoms with Crippen molar-refractivity contribution in [2.45, 2.75) is 19.4 Å². The fourth-order valence-corrected chi connectivity index (χ4v) is 2.67. The Morgan fingerprint density at radius 1 is 1.29 bits per heavy atom. The Kier molecular flexibility index (Phi) is 3.82. The van der Waals surface area contributed by atoms with E-state index in [1.54, 1.807) is 18.4 Å². The van der Waals surface area contributed by atoms with Crippen molar-refractivity contribution >= 4 is 11.3 Å². The minimum atomic E-state index is 0.0702. The van der Waals surface area contributed by atoms with Crippen LogP contribution in [0.1, 0.15) is 22.0 Å². The molecule has 2 rings (SSSR count). The predicted octanol–water partition coefficient (Wildman–Crippen LogP) is 3.31. The maximum Gasteiger partial charge on any atom is 0.122 e. The summed E-state index contributed by atoms with van der Waals surface area (Å²) in [6.07, 6.45) is 0.851. The number of benzene rings is 1. The maximum atomic E-state index is 6.20. The second-order valence-electron chi connectivity index (χ2n) is 4.07. The molecule has 0 saturated heterocycles. The van der Waals surface area contributed by atoms with Crippen LogP contribution in [0.25, 0.3) is 0 Å². The molecule has 0 amide bonds. The van der Waals surface area contributed by atoms with E-state index in [1.165, 1.54) is 16.0 Å². The molecule has 3 heteroatoms. The molecule has 0 fully saturated rings. The summed E-state index contributed by atoms with van der Waals surface area (Å²) in [5, 5.41) is 2.06. The van der Waals surface area contributed by atoms with Gasteiger partial charge in [-0.2, -0.15) is 0 Å². The second-order valence-corrected chi connectivity index (χ2v) is 5.05. The average molecular weight is 247 g/mol. The van der Waals surface area contributed by atoms with Gasteiger partial charge in [0.2, 0.25) is 0 Å². The molecule has 1 unspecified atom stereocenters. The van der Waals surface area contributed by atoms with Crippen LogP contribution in [0.4, 0.5) is 0 Å². The van der Waals surface area contributed by atoms with Gasteiger partial charge in [0.05, 0.1) is 7.11 Å².